The lowest BCUT2D eigenvalue weighted by atomic mass is 9.57. The van der Waals surface area contributed by atoms with Gasteiger partial charge in [-0.25, -0.2) is 0 Å². The molecule has 0 saturated carbocycles. The average molecular weight is 451 g/mol. The number of aryl methyl sites for hydroxylation is 1. The highest BCUT2D eigenvalue weighted by Crippen LogP contribution is 2.59. The summed E-state index contributed by atoms with van der Waals surface area (Å²) in [5.41, 5.74) is 2.46. The first-order chi connectivity index (χ1) is 15.2. The van der Waals surface area contributed by atoms with Crippen molar-refractivity contribution in [3.05, 3.63) is 46.2 Å². The van der Waals surface area contributed by atoms with Gasteiger partial charge in [0.15, 0.2) is 11.6 Å². The fourth-order valence-corrected chi connectivity index (χ4v) is 6.92. The molecule has 1 aromatic rings. The van der Waals surface area contributed by atoms with Crippen molar-refractivity contribution < 1.29 is 14.3 Å². The highest BCUT2D eigenvalue weighted by Gasteiger charge is 2.60. The Morgan fingerprint density at radius 3 is 2.30 bits per heavy atom. The Balaban J connectivity index is 1.94. The van der Waals surface area contributed by atoms with Gasteiger partial charge in [0.25, 0.3) is 0 Å². The van der Waals surface area contributed by atoms with Gasteiger partial charge in [0.2, 0.25) is 0 Å². The summed E-state index contributed by atoms with van der Waals surface area (Å²) in [6.07, 6.45) is 3.75. The zero-order valence-corrected chi connectivity index (χ0v) is 22.1. The largest absolute Gasteiger partial charge is 0.485 e. The molecular formula is C30H42O3. The summed E-state index contributed by atoms with van der Waals surface area (Å²) in [6, 6.07) is 6.80. The van der Waals surface area contributed by atoms with Gasteiger partial charge >= 0.3 is 0 Å². The van der Waals surface area contributed by atoms with Gasteiger partial charge in [0.05, 0.1) is 10.8 Å². The van der Waals surface area contributed by atoms with Crippen molar-refractivity contribution >= 4 is 11.6 Å². The second kappa shape index (κ2) is 7.82. The number of hydrogen-bond acceptors (Lipinski definition) is 3. The number of allylic oxidation sites excluding steroid dienone is 2. The van der Waals surface area contributed by atoms with Crippen molar-refractivity contribution in [3.8, 4) is 0 Å². The molecule has 0 aromatic heterocycles. The van der Waals surface area contributed by atoms with Crippen molar-refractivity contribution in [3.63, 3.8) is 0 Å². The van der Waals surface area contributed by atoms with Crippen LogP contribution in [0.1, 0.15) is 104 Å². The molecule has 1 aromatic carbocycles. The first kappa shape index (κ1) is 24.2. The quantitative estimate of drug-likeness (QED) is 0.455. The lowest BCUT2D eigenvalue weighted by molar-refractivity contribution is -0.153. The van der Waals surface area contributed by atoms with Crippen LogP contribution in [0.3, 0.4) is 0 Å². The van der Waals surface area contributed by atoms with Crippen molar-refractivity contribution in [2.75, 3.05) is 0 Å². The Labute approximate surface area is 200 Å². The van der Waals surface area contributed by atoms with E-state index in [2.05, 4.69) is 52.8 Å². The van der Waals surface area contributed by atoms with Gasteiger partial charge in [-0.2, -0.15) is 0 Å². The second-order valence-electron chi connectivity index (χ2n) is 12.8. The second-order valence-corrected chi connectivity index (χ2v) is 12.8. The third-order valence-corrected chi connectivity index (χ3v) is 8.56. The predicted octanol–water partition coefficient (Wildman–Crippen LogP) is 7.26. The summed E-state index contributed by atoms with van der Waals surface area (Å²) < 4.78 is 7.01. The van der Waals surface area contributed by atoms with Gasteiger partial charge in [-0.1, -0.05) is 51.5 Å². The van der Waals surface area contributed by atoms with Crippen LogP contribution in [0.2, 0.25) is 0 Å². The van der Waals surface area contributed by atoms with Crippen LogP contribution >= 0.6 is 0 Å². The normalized spacial score (nSPS) is 30.5. The maximum absolute atomic E-state index is 13.7. The Hall–Kier alpha value is -1.90. The minimum absolute atomic E-state index is 0.0256. The number of ether oxygens (including phenoxy) is 1. The van der Waals surface area contributed by atoms with E-state index in [4.69, 9.17) is 4.74 Å². The fraction of sp³-hybridized carbons (Fsp3) is 0.667. The summed E-state index contributed by atoms with van der Waals surface area (Å²) in [7, 11) is 0. The standard InChI is InChI=1S/C30H42O3/c1-17(2)14-20-16-30(13-12-21(18(3)4)22-15-19(5)10-11-23(22)30)33-26-24(20)25(31)28(6,7)27(32)29(26,8)9/h10-11,15,17-18,20-21H,12-14,16H2,1-9H3/t20-,21-,30+/m0/s1. The molecule has 4 rings (SSSR count). The van der Waals surface area contributed by atoms with Crippen molar-refractivity contribution in [2.45, 2.75) is 99.5 Å². The zero-order valence-electron chi connectivity index (χ0n) is 22.1. The van der Waals surface area contributed by atoms with E-state index in [-0.39, 0.29) is 17.5 Å². The van der Waals surface area contributed by atoms with Crippen molar-refractivity contribution in [2.24, 2.45) is 28.6 Å². The number of hydrogen-bond donors (Lipinski definition) is 0. The number of benzene rings is 1. The average Bonchev–Trinajstić information content (AvgIpc) is 2.71. The summed E-state index contributed by atoms with van der Waals surface area (Å²) in [5.74, 6) is 2.24. The number of ketones is 2. The number of carbonyl (C=O) groups is 2. The molecule has 3 aliphatic rings. The summed E-state index contributed by atoms with van der Waals surface area (Å²) in [5, 5.41) is 0. The third kappa shape index (κ3) is 3.61. The van der Waals surface area contributed by atoms with E-state index in [0.29, 0.717) is 23.5 Å². The molecule has 1 heterocycles. The van der Waals surface area contributed by atoms with Crippen LogP contribution < -0.4 is 0 Å². The topological polar surface area (TPSA) is 43.4 Å². The van der Waals surface area contributed by atoms with Crippen LogP contribution in [-0.2, 0) is 19.9 Å². The minimum atomic E-state index is -1.00. The van der Waals surface area contributed by atoms with E-state index in [1.54, 1.807) is 13.8 Å². The van der Waals surface area contributed by atoms with Crippen LogP contribution in [-0.4, -0.2) is 11.6 Å². The van der Waals surface area contributed by atoms with Gasteiger partial charge in [-0.15, -0.1) is 0 Å². The van der Waals surface area contributed by atoms with Crippen molar-refractivity contribution in [1.82, 2.24) is 0 Å². The van der Waals surface area contributed by atoms with Crippen LogP contribution in [0.5, 0.6) is 0 Å². The molecule has 1 spiro atoms. The van der Waals surface area contributed by atoms with E-state index < -0.39 is 16.4 Å². The van der Waals surface area contributed by atoms with E-state index >= 15 is 0 Å². The van der Waals surface area contributed by atoms with E-state index in [9.17, 15) is 9.59 Å². The van der Waals surface area contributed by atoms with Crippen LogP contribution in [0, 0.1) is 35.5 Å². The minimum Gasteiger partial charge on any atom is -0.485 e. The summed E-state index contributed by atoms with van der Waals surface area (Å²) in [4.78, 5) is 27.2. The molecule has 33 heavy (non-hydrogen) atoms. The molecule has 180 valence electrons. The lowest BCUT2D eigenvalue weighted by Crippen LogP contribution is -2.55. The highest BCUT2D eigenvalue weighted by molar-refractivity contribution is 6.19. The molecule has 3 heteroatoms. The Morgan fingerprint density at radius 2 is 1.70 bits per heavy atom. The third-order valence-electron chi connectivity index (χ3n) is 8.56. The van der Waals surface area contributed by atoms with Crippen LogP contribution in [0.4, 0.5) is 0 Å². The molecule has 0 saturated heterocycles. The SMILES string of the molecule is Cc1ccc2c(c1)[C@H](C(C)C)CC[C@@]21C[C@H](CC(C)C)C2=C(O1)C(C)(C)C(=O)C(C)(C)C2=O. The molecule has 0 radical (unpaired) electrons. The highest BCUT2D eigenvalue weighted by atomic mass is 16.5. The number of fused-ring (bicyclic) bond motifs is 2. The summed E-state index contributed by atoms with van der Waals surface area (Å²) >= 11 is 0. The molecule has 0 N–H and O–H groups in total. The monoisotopic (exact) mass is 450 g/mol. The molecule has 2 aliphatic carbocycles. The summed E-state index contributed by atoms with van der Waals surface area (Å²) in [6.45, 7) is 18.7. The van der Waals surface area contributed by atoms with Gasteiger partial charge in [-0.05, 0) is 95.1 Å². The molecule has 0 bridgehead atoms. The molecule has 0 amide bonds. The van der Waals surface area contributed by atoms with Gasteiger partial charge in [0.1, 0.15) is 11.4 Å². The molecule has 1 aliphatic heterocycles. The molecular weight excluding hydrogens is 408 g/mol. The number of carbonyl (C=O) groups excluding carboxylic acids is 2. The number of Topliss-reactive ketones (excluding diaryl/α,β-unsaturated/α-hetero) is 2. The van der Waals surface area contributed by atoms with Crippen molar-refractivity contribution in [1.29, 1.82) is 0 Å². The van der Waals surface area contributed by atoms with Gasteiger partial charge in [0, 0.05) is 5.57 Å². The van der Waals surface area contributed by atoms with E-state index in [1.807, 2.05) is 13.8 Å². The first-order valence-electron chi connectivity index (χ1n) is 12.9. The zero-order chi connectivity index (χ0) is 24.5. The molecule has 0 unspecified atom stereocenters. The smallest absolute Gasteiger partial charge is 0.175 e. The predicted molar refractivity (Wildman–Crippen MR) is 133 cm³/mol. The Kier molecular flexibility index (Phi) is 5.74. The van der Waals surface area contributed by atoms with Gasteiger partial charge in [-0.3, -0.25) is 9.59 Å². The maximum Gasteiger partial charge on any atom is 0.175 e. The lowest BCUT2D eigenvalue weighted by Gasteiger charge is -2.53. The van der Waals surface area contributed by atoms with Crippen LogP contribution in [0.25, 0.3) is 0 Å². The van der Waals surface area contributed by atoms with Gasteiger partial charge < -0.3 is 4.74 Å². The molecule has 0 fully saturated rings. The Bertz CT molecular complexity index is 1020. The molecule has 3 atom stereocenters. The fourth-order valence-electron chi connectivity index (χ4n) is 6.92. The Morgan fingerprint density at radius 1 is 1.03 bits per heavy atom. The number of rotatable bonds is 3. The first-order valence-corrected chi connectivity index (χ1v) is 12.9. The van der Waals surface area contributed by atoms with E-state index in [1.165, 1.54) is 16.7 Å². The maximum atomic E-state index is 13.7. The van der Waals surface area contributed by atoms with Crippen LogP contribution in [0.15, 0.2) is 29.5 Å². The molecule has 3 nitrogen and oxygen atoms in total. The van der Waals surface area contributed by atoms with E-state index in [0.717, 1.165) is 31.3 Å².